The van der Waals surface area contributed by atoms with Gasteiger partial charge < -0.3 is 16.4 Å². The summed E-state index contributed by atoms with van der Waals surface area (Å²) in [5.74, 6) is -1.96. The molecule has 1 saturated heterocycles. The Morgan fingerprint density at radius 2 is 2.05 bits per heavy atom. The SMILES string of the molecule is NC(=O)c1ccc(N2CCCC(C(F)(F)F)C2)c(N)c1. The van der Waals surface area contributed by atoms with Gasteiger partial charge in [0.25, 0.3) is 0 Å². The number of carbonyl (C=O) groups excluding carboxylic acids is 1. The molecule has 1 aliphatic rings. The van der Waals surface area contributed by atoms with Crippen LogP contribution in [0.1, 0.15) is 23.2 Å². The zero-order valence-corrected chi connectivity index (χ0v) is 10.8. The number of alkyl halides is 3. The molecule has 2 rings (SSSR count). The molecular formula is C13H16F3N3O. The summed E-state index contributed by atoms with van der Waals surface area (Å²) in [4.78, 5) is 12.6. The molecule has 0 aromatic heterocycles. The van der Waals surface area contributed by atoms with E-state index in [0.29, 0.717) is 18.7 Å². The second-order valence-corrected chi connectivity index (χ2v) is 4.96. The number of piperidine rings is 1. The molecule has 1 unspecified atom stereocenters. The number of anilines is 2. The summed E-state index contributed by atoms with van der Waals surface area (Å²) in [5.41, 5.74) is 12.0. The molecule has 1 aromatic carbocycles. The van der Waals surface area contributed by atoms with E-state index in [9.17, 15) is 18.0 Å². The van der Waals surface area contributed by atoms with Gasteiger partial charge in [0.2, 0.25) is 5.91 Å². The van der Waals surface area contributed by atoms with Crippen molar-refractivity contribution >= 4 is 17.3 Å². The third-order valence-electron chi connectivity index (χ3n) is 3.54. The summed E-state index contributed by atoms with van der Waals surface area (Å²) >= 11 is 0. The molecular weight excluding hydrogens is 271 g/mol. The highest BCUT2D eigenvalue weighted by Gasteiger charge is 2.42. The second kappa shape index (κ2) is 5.22. The standard InChI is InChI=1S/C13H16F3N3O/c14-13(15,16)9-2-1-5-19(7-9)11-4-3-8(12(18)20)6-10(11)17/h3-4,6,9H,1-2,5,7,17H2,(H2,18,20). The normalized spacial score (nSPS) is 19.9. The Morgan fingerprint density at radius 3 is 2.60 bits per heavy atom. The van der Waals surface area contributed by atoms with Gasteiger partial charge in [0.05, 0.1) is 17.3 Å². The second-order valence-electron chi connectivity index (χ2n) is 4.96. The number of nitrogens with two attached hydrogens (primary N) is 2. The van der Waals surface area contributed by atoms with Crippen LogP contribution in [0.2, 0.25) is 0 Å². The molecule has 1 aliphatic heterocycles. The van der Waals surface area contributed by atoms with Crippen LogP contribution < -0.4 is 16.4 Å². The Morgan fingerprint density at radius 1 is 1.35 bits per heavy atom. The van der Waals surface area contributed by atoms with Crippen molar-refractivity contribution in [3.63, 3.8) is 0 Å². The van der Waals surface area contributed by atoms with E-state index < -0.39 is 18.0 Å². The van der Waals surface area contributed by atoms with Crippen molar-refractivity contribution in [1.29, 1.82) is 0 Å². The predicted molar refractivity (Wildman–Crippen MR) is 70.4 cm³/mol. The number of hydrogen-bond acceptors (Lipinski definition) is 3. The minimum atomic E-state index is -4.19. The van der Waals surface area contributed by atoms with Crippen LogP contribution in [0.5, 0.6) is 0 Å². The van der Waals surface area contributed by atoms with E-state index in [-0.39, 0.29) is 24.2 Å². The predicted octanol–water partition coefficient (Wildman–Crippen LogP) is 2.15. The Bertz CT molecular complexity index is 516. The van der Waals surface area contributed by atoms with E-state index in [4.69, 9.17) is 11.5 Å². The zero-order valence-electron chi connectivity index (χ0n) is 10.8. The number of halogens is 3. The van der Waals surface area contributed by atoms with Gasteiger partial charge in [0.1, 0.15) is 0 Å². The van der Waals surface area contributed by atoms with Gasteiger partial charge in [-0.15, -0.1) is 0 Å². The first-order chi connectivity index (χ1) is 9.29. The van der Waals surface area contributed by atoms with Gasteiger partial charge in [-0.1, -0.05) is 0 Å². The van der Waals surface area contributed by atoms with E-state index in [1.165, 1.54) is 12.1 Å². The first kappa shape index (κ1) is 14.5. The van der Waals surface area contributed by atoms with Crippen LogP contribution >= 0.6 is 0 Å². The highest BCUT2D eigenvalue weighted by Crippen LogP contribution is 2.36. The first-order valence-corrected chi connectivity index (χ1v) is 6.30. The van der Waals surface area contributed by atoms with Gasteiger partial charge in [-0.3, -0.25) is 4.79 Å². The summed E-state index contributed by atoms with van der Waals surface area (Å²) in [6.07, 6.45) is -3.60. The number of rotatable bonds is 2. The third-order valence-corrected chi connectivity index (χ3v) is 3.54. The maximum atomic E-state index is 12.8. The molecule has 4 N–H and O–H groups in total. The highest BCUT2D eigenvalue weighted by molar-refractivity contribution is 5.94. The van der Waals surface area contributed by atoms with E-state index in [1.54, 1.807) is 11.0 Å². The number of amides is 1. The highest BCUT2D eigenvalue weighted by atomic mass is 19.4. The molecule has 0 aliphatic carbocycles. The van der Waals surface area contributed by atoms with Gasteiger partial charge >= 0.3 is 6.18 Å². The number of primary amides is 1. The fourth-order valence-electron chi connectivity index (χ4n) is 2.46. The van der Waals surface area contributed by atoms with Crippen molar-refractivity contribution in [2.75, 3.05) is 23.7 Å². The number of benzene rings is 1. The molecule has 0 bridgehead atoms. The van der Waals surface area contributed by atoms with Crippen LogP contribution in [0.4, 0.5) is 24.5 Å². The molecule has 1 amide bonds. The van der Waals surface area contributed by atoms with Crippen LogP contribution in [0.3, 0.4) is 0 Å². The van der Waals surface area contributed by atoms with E-state index >= 15 is 0 Å². The number of nitrogens with zero attached hydrogens (tertiary/aromatic N) is 1. The molecule has 7 heteroatoms. The lowest BCUT2D eigenvalue weighted by Gasteiger charge is -2.35. The fourth-order valence-corrected chi connectivity index (χ4v) is 2.46. The van der Waals surface area contributed by atoms with Gasteiger partial charge in [-0.05, 0) is 31.0 Å². The largest absolute Gasteiger partial charge is 0.397 e. The van der Waals surface area contributed by atoms with E-state index in [2.05, 4.69) is 0 Å². The molecule has 110 valence electrons. The maximum Gasteiger partial charge on any atom is 0.393 e. The lowest BCUT2D eigenvalue weighted by molar-refractivity contribution is -0.175. The summed E-state index contributed by atoms with van der Waals surface area (Å²) in [6.45, 7) is 0.413. The molecule has 1 aromatic rings. The van der Waals surface area contributed by atoms with E-state index in [1.807, 2.05) is 0 Å². The molecule has 20 heavy (non-hydrogen) atoms. The smallest absolute Gasteiger partial charge is 0.393 e. The first-order valence-electron chi connectivity index (χ1n) is 6.30. The van der Waals surface area contributed by atoms with Gasteiger partial charge in [-0.2, -0.15) is 13.2 Å². The zero-order chi connectivity index (χ0) is 14.9. The summed E-state index contributed by atoms with van der Waals surface area (Å²) in [6, 6.07) is 4.42. The van der Waals surface area contributed by atoms with Crippen LogP contribution in [0.15, 0.2) is 18.2 Å². The van der Waals surface area contributed by atoms with Crippen molar-refractivity contribution in [1.82, 2.24) is 0 Å². The Kier molecular flexibility index (Phi) is 3.78. The molecule has 0 saturated carbocycles. The minimum absolute atomic E-state index is 0.108. The number of carbonyl (C=O) groups is 1. The average molecular weight is 287 g/mol. The lowest BCUT2D eigenvalue weighted by Crippen LogP contribution is -2.42. The van der Waals surface area contributed by atoms with Crippen molar-refractivity contribution in [2.24, 2.45) is 11.7 Å². The Labute approximate surface area is 114 Å². The number of hydrogen-bond donors (Lipinski definition) is 2. The van der Waals surface area contributed by atoms with Gasteiger partial charge in [0.15, 0.2) is 0 Å². The van der Waals surface area contributed by atoms with Crippen molar-refractivity contribution < 1.29 is 18.0 Å². The Hall–Kier alpha value is -1.92. The monoisotopic (exact) mass is 287 g/mol. The molecule has 1 fully saturated rings. The van der Waals surface area contributed by atoms with Crippen molar-refractivity contribution in [2.45, 2.75) is 19.0 Å². The maximum absolute atomic E-state index is 12.8. The fraction of sp³-hybridized carbons (Fsp3) is 0.462. The quantitative estimate of drug-likeness (QED) is 0.819. The summed E-state index contributed by atoms with van der Waals surface area (Å²) in [5, 5.41) is 0. The molecule has 1 heterocycles. The summed E-state index contributed by atoms with van der Waals surface area (Å²) < 4.78 is 38.3. The Balaban J connectivity index is 2.21. The summed E-state index contributed by atoms with van der Waals surface area (Å²) in [7, 11) is 0. The van der Waals surface area contributed by atoms with Crippen molar-refractivity contribution in [3.8, 4) is 0 Å². The molecule has 4 nitrogen and oxygen atoms in total. The number of nitrogen functional groups attached to an aromatic ring is 1. The topological polar surface area (TPSA) is 72.4 Å². The van der Waals surface area contributed by atoms with Gasteiger partial charge in [-0.25, -0.2) is 0 Å². The molecule has 1 atom stereocenters. The lowest BCUT2D eigenvalue weighted by atomic mass is 9.96. The molecule has 0 spiro atoms. The van der Waals surface area contributed by atoms with Crippen LogP contribution in [-0.4, -0.2) is 25.2 Å². The third kappa shape index (κ3) is 2.97. The molecule has 0 radical (unpaired) electrons. The van der Waals surface area contributed by atoms with Crippen LogP contribution in [0.25, 0.3) is 0 Å². The van der Waals surface area contributed by atoms with Gasteiger partial charge in [0, 0.05) is 18.7 Å². The van der Waals surface area contributed by atoms with Crippen LogP contribution in [0, 0.1) is 5.92 Å². The van der Waals surface area contributed by atoms with Crippen LogP contribution in [-0.2, 0) is 0 Å². The minimum Gasteiger partial charge on any atom is -0.397 e. The van der Waals surface area contributed by atoms with Crippen molar-refractivity contribution in [3.05, 3.63) is 23.8 Å². The van der Waals surface area contributed by atoms with E-state index in [0.717, 1.165) is 0 Å². The average Bonchev–Trinajstić information content (AvgIpc) is 2.37.